The van der Waals surface area contributed by atoms with Crippen LogP contribution in [0.25, 0.3) is 0 Å². The maximum absolute atomic E-state index is 13.9. The SMILES string of the molecule is CNC(CSC1CCCC1)c1ccc(Cl)cc1F. The average Bonchev–Trinajstić information content (AvgIpc) is 2.85. The van der Waals surface area contributed by atoms with Gasteiger partial charge in [0.2, 0.25) is 0 Å². The highest BCUT2D eigenvalue weighted by Gasteiger charge is 2.19. The van der Waals surface area contributed by atoms with Crippen LogP contribution in [0.15, 0.2) is 18.2 Å². The summed E-state index contributed by atoms with van der Waals surface area (Å²) in [6.07, 6.45) is 5.31. The summed E-state index contributed by atoms with van der Waals surface area (Å²) in [5.74, 6) is 0.702. The lowest BCUT2D eigenvalue weighted by atomic mass is 10.1. The number of nitrogens with one attached hydrogen (secondary N) is 1. The zero-order valence-corrected chi connectivity index (χ0v) is 12.2. The molecule has 1 unspecified atom stereocenters. The van der Waals surface area contributed by atoms with Gasteiger partial charge in [-0.25, -0.2) is 4.39 Å². The molecule has 2 rings (SSSR count). The Morgan fingerprint density at radius 3 is 2.78 bits per heavy atom. The average molecular weight is 288 g/mol. The molecule has 1 saturated carbocycles. The van der Waals surface area contributed by atoms with Crippen molar-refractivity contribution in [1.29, 1.82) is 0 Å². The quantitative estimate of drug-likeness (QED) is 0.860. The van der Waals surface area contributed by atoms with E-state index in [1.54, 1.807) is 12.1 Å². The summed E-state index contributed by atoms with van der Waals surface area (Å²) in [6, 6.07) is 4.99. The summed E-state index contributed by atoms with van der Waals surface area (Å²) in [4.78, 5) is 0. The zero-order chi connectivity index (χ0) is 13.0. The van der Waals surface area contributed by atoms with E-state index in [1.165, 1.54) is 31.7 Å². The van der Waals surface area contributed by atoms with Crippen molar-refractivity contribution in [3.63, 3.8) is 0 Å². The standard InChI is InChI=1S/C14H19ClFNS/c1-17-14(9-18-11-4-2-3-5-11)12-7-6-10(15)8-13(12)16/h6-8,11,14,17H,2-5,9H2,1H3. The van der Waals surface area contributed by atoms with Crippen molar-refractivity contribution in [3.05, 3.63) is 34.6 Å². The van der Waals surface area contributed by atoms with Gasteiger partial charge in [-0.05, 0) is 32.0 Å². The van der Waals surface area contributed by atoms with E-state index in [-0.39, 0.29) is 11.9 Å². The summed E-state index contributed by atoms with van der Waals surface area (Å²) < 4.78 is 13.9. The van der Waals surface area contributed by atoms with Crippen molar-refractivity contribution in [1.82, 2.24) is 5.32 Å². The molecule has 0 aromatic heterocycles. The molecular formula is C14H19ClFNS. The zero-order valence-electron chi connectivity index (χ0n) is 10.6. The third kappa shape index (κ3) is 3.62. The Kier molecular flexibility index (Phi) is 5.34. The van der Waals surface area contributed by atoms with Gasteiger partial charge < -0.3 is 5.32 Å². The van der Waals surface area contributed by atoms with Gasteiger partial charge in [-0.2, -0.15) is 11.8 Å². The van der Waals surface area contributed by atoms with E-state index in [0.29, 0.717) is 10.6 Å². The largest absolute Gasteiger partial charge is 0.312 e. The summed E-state index contributed by atoms with van der Waals surface area (Å²) in [6.45, 7) is 0. The van der Waals surface area contributed by atoms with Gasteiger partial charge in [0.1, 0.15) is 5.82 Å². The topological polar surface area (TPSA) is 12.0 Å². The van der Waals surface area contributed by atoms with Crippen LogP contribution in [-0.4, -0.2) is 18.1 Å². The Morgan fingerprint density at radius 1 is 1.44 bits per heavy atom. The lowest BCUT2D eigenvalue weighted by Crippen LogP contribution is -2.21. The normalized spacial score (nSPS) is 18.2. The molecule has 1 N–H and O–H groups in total. The van der Waals surface area contributed by atoms with Gasteiger partial charge in [-0.1, -0.05) is 30.5 Å². The minimum Gasteiger partial charge on any atom is -0.312 e. The van der Waals surface area contributed by atoms with Gasteiger partial charge in [0.25, 0.3) is 0 Å². The molecule has 1 aliphatic rings. The summed E-state index contributed by atoms with van der Waals surface area (Å²) >= 11 is 7.74. The van der Waals surface area contributed by atoms with Gasteiger partial charge in [-0.15, -0.1) is 0 Å². The Bertz CT molecular complexity index is 393. The number of benzene rings is 1. The smallest absolute Gasteiger partial charge is 0.129 e. The van der Waals surface area contributed by atoms with Crippen LogP contribution in [-0.2, 0) is 0 Å². The van der Waals surface area contributed by atoms with E-state index >= 15 is 0 Å². The fourth-order valence-electron chi connectivity index (χ4n) is 2.40. The molecule has 100 valence electrons. The Morgan fingerprint density at radius 2 is 2.17 bits per heavy atom. The fraction of sp³-hybridized carbons (Fsp3) is 0.571. The number of halogens is 2. The lowest BCUT2D eigenvalue weighted by molar-refractivity contribution is 0.565. The van der Waals surface area contributed by atoms with E-state index in [1.807, 2.05) is 18.8 Å². The maximum atomic E-state index is 13.9. The van der Waals surface area contributed by atoms with Gasteiger partial charge in [0.15, 0.2) is 0 Å². The number of thioether (sulfide) groups is 1. The predicted molar refractivity (Wildman–Crippen MR) is 77.9 cm³/mol. The van der Waals surface area contributed by atoms with E-state index < -0.39 is 0 Å². The van der Waals surface area contributed by atoms with Gasteiger partial charge >= 0.3 is 0 Å². The molecule has 0 bridgehead atoms. The van der Waals surface area contributed by atoms with Gasteiger partial charge in [0, 0.05) is 27.6 Å². The van der Waals surface area contributed by atoms with Crippen LogP contribution in [0.3, 0.4) is 0 Å². The highest BCUT2D eigenvalue weighted by atomic mass is 35.5. The molecule has 1 aromatic rings. The first kappa shape index (κ1) is 14.2. The lowest BCUT2D eigenvalue weighted by Gasteiger charge is -2.19. The second-order valence-corrected chi connectivity index (χ2v) is 6.52. The summed E-state index contributed by atoms with van der Waals surface area (Å²) in [7, 11) is 1.88. The molecule has 1 aliphatic carbocycles. The number of hydrogen-bond acceptors (Lipinski definition) is 2. The van der Waals surface area contributed by atoms with E-state index in [9.17, 15) is 4.39 Å². The first-order chi connectivity index (χ1) is 8.70. The summed E-state index contributed by atoms with van der Waals surface area (Å²) in [5, 5.41) is 4.41. The van der Waals surface area contributed by atoms with E-state index in [0.717, 1.165) is 11.0 Å². The Labute approximate surface area is 117 Å². The summed E-state index contributed by atoms with van der Waals surface area (Å²) in [5.41, 5.74) is 0.715. The fourth-order valence-corrected chi connectivity index (χ4v) is 4.04. The highest BCUT2D eigenvalue weighted by Crippen LogP contribution is 2.32. The molecule has 1 fully saturated rings. The van der Waals surface area contributed by atoms with Crippen LogP contribution >= 0.6 is 23.4 Å². The molecule has 1 nitrogen and oxygen atoms in total. The van der Waals surface area contributed by atoms with E-state index in [2.05, 4.69) is 5.32 Å². The van der Waals surface area contributed by atoms with Crippen LogP contribution in [0, 0.1) is 5.82 Å². The van der Waals surface area contributed by atoms with Crippen LogP contribution in [0.4, 0.5) is 4.39 Å². The van der Waals surface area contributed by atoms with E-state index in [4.69, 9.17) is 11.6 Å². The molecule has 0 radical (unpaired) electrons. The molecule has 4 heteroatoms. The first-order valence-corrected chi connectivity index (χ1v) is 7.87. The minimum absolute atomic E-state index is 0.0628. The molecule has 0 aliphatic heterocycles. The Balaban J connectivity index is 1.98. The number of rotatable bonds is 5. The van der Waals surface area contributed by atoms with Crippen molar-refractivity contribution in [2.24, 2.45) is 0 Å². The molecule has 0 spiro atoms. The third-order valence-electron chi connectivity index (χ3n) is 3.49. The number of hydrogen-bond donors (Lipinski definition) is 1. The molecule has 18 heavy (non-hydrogen) atoms. The second-order valence-electron chi connectivity index (χ2n) is 4.75. The van der Waals surface area contributed by atoms with Gasteiger partial charge in [-0.3, -0.25) is 0 Å². The second kappa shape index (κ2) is 6.78. The van der Waals surface area contributed by atoms with Crippen LogP contribution in [0.1, 0.15) is 37.3 Å². The van der Waals surface area contributed by atoms with Gasteiger partial charge in [0.05, 0.1) is 0 Å². The molecule has 0 saturated heterocycles. The predicted octanol–water partition coefficient (Wildman–Crippen LogP) is 4.42. The maximum Gasteiger partial charge on any atom is 0.129 e. The molecule has 1 atom stereocenters. The molecule has 0 heterocycles. The van der Waals surface area contributed by atoms with Crippen LogP contribution in [0.2, 0.25) is 5.02 Å². The van der Waals surface area contributed by atoms with Crippen molar-refractivity contribution in [2.75, 3.05) is 12.8 Å². The van der Waals surface area contributed by atoms with Crippen LogP contribution < -0.4 is 5.32 Å². The minimum atomic E-state index is -0.214. The first-order valence-electron chi connectivity index (χ1n) is 6.44. The third-order valence-corrected chi connectivity index (χ3v) is 5.19. The monoisotopic (exact) mass is 287 g/mol. The van der Waals surface area contributed by atoms with Crippen molar-refractivity contribution >= 4 is 23.4 Å². The van der Waals surface area contributed by atoms with Crippen molar-refractivity contribution < 1.29 is 4.39 Å². The Hall–Kier alpha value is -0.250. The molecule has 1 aromatic carbocycles. The highest BCUT2D eigenvalue weighted by molar-refractivity contribution is 7.99. The van der Waals surface area contributed by atoms with Crippen molar-refractivity contribution in [3.8, 4) is 0 Å². The van der Waals surface area contributed by atoms with Crippen molar-refractivity contribution in [2.45, 2.75) is 37.0 Å². The van der Waals surface area contributed by atoms with Crippen LogP contribution in [0.5, 0.6) is 0 Å². The molecular weight excluding hydrogens is 269 g/mol. The molecule has 0 amide bonds.